The maximum Gasteiger partial charge on any atom is 0.0346 e. The topological polar surface area (TPSA) is 28.2 Å². The zero-order valence-electron chi connectivity index (χ0n) is 11.4. The zero-order chi connectivity index (χ0) is 13.0. The molecule has 1 atom stereocenters. The van der Waals surface area contributed by atoms with Gasteiger partial charge in [0, 0.05) is 36.9 Å². The van der Waals surface area contributed by atoms with E-state index in [-0.39, 0.29) is 0 Å². The Bertz CT molecular complexity index is 503. The Morgan fingerprint density at radius 3 is 2.89 bits per heavy atom. The summed E-state index contributed by atoms with van der Waals surface area (Å²) >= 11 is 0. The lowest BCUT2D eigenvalue weighted by molar-refractivity contribution is 0.349. The maximum absolute atomic E-state index is 4.16. The van der Waals surface area contributed by atoms with Crippen molar-refractivity contribution < 1.29 is 0 Å². The molecule has 1 heterocycles. The van der Waals surface area contributed by atoms with Gasteiger partial charge >= 0.3 is 0 Å². The molecule has 0 aliphatic heterocycles. The second kappa shape index (κ2) is 5.94. The molecule has 96 valence electrons. The van der Waals surface area contributed by atoms with Crippen molar-refractivity contribution in [3.05, 3.63) is 42.2 Å². The molecule has 1 unspecified atom stereocenters. The SMILES string of the molecule is CC(CN(C)C)NCc1cccc2cnccc12. The van der Waals surface area contributed by atoms with Gasteiger partial charge in [-0.25, -0.2) is 0 Å². The number of hydrogen-bond acceptors (Lipinski definition) is 3. The average molecular weight is 243 g/mol. The summed E-state index contributed by atoms with van der Waals surface area (Å²) in [5, 5.41) is 6.05. The molecular formula is C15H21N3. The van der Waals surface area contributed by atoms with Gasteiger partial charge in [0.25, 0.3) is 0 Å². The van der Waals surface area contributed by atoms with E-state index in [2.05, 4.69) is 60.5 Å². The lowest BCUT2D eigenvalue weighted by Gasteiger charge is -2.18. The second-order valence-electron chi connectivity index (χ2n) is 5.06. The number of aromatic nitrogens is 1. The fraction of sp³-hybridized carbons (Fsp3) is 0.400. The van der Waals surface area contributed by atoms with Gasteiger partial charge in [-0.2, -0.15) is 0 Å². The minimum Gasteiger partial charge on any atom is -0.309 e. The van der Waals surface area contributed by atoms with E-state index in [1.165, 1.54) is 16.3 Å². The number of fused-ring (bicyclic) bond motifs is 1. The maximum atomic E-state index is 4.16. The van der Waals surface area contributed by atoms with E-state index in [1.54, 1.807) is 0 Å². The Balaban J connectivity index is 2.08. The molecule has 1 aromatic carbocycles. The first kappa shape index (κ1) is 13.0. The normalized spacial score (nSPS) is 13.1. The number of nitrogens with one attached hydrogen (secondary N) is 1. The predicted octanol–water partition coefficient (Wildman–Crippen LogP) is 2.27. The largest absolute Gasteiger partial charge is 0.309 e. The minimum atomic E-state index is 0.483. The Labute approximate surface area is 109 Å². The first-order valence-corrected chi connectivity index (χ1v) is 6.36. The fourth-order valence-corrected chi connectivity index (χ4v) is 2.24. The van der Waals surface area contributed by atoms with Crippen molar-refractivity contribution in [1.29, 1.82) is 0 Å². The van der Waals surface area contributed by atoms with E-state index >= 15 is 0 Å². The van der Waals surface area contributed by atoms with Crippen LogP contribution in [0.15, 0.2) is 36.7 Å². The van der Waals surface area contributed by atoms with Crippen molar-refractivity contribution in [3.63, 3.8) is 0 Å². The van der Waals surface area contributed by atoms with Crippen LogP contribution in [0.5, 0.6) is 0 Å². The number of benzene rings is 1. The van der Waals surface area contributed by atoms with Gasteiger partial charge in [-0.05, 0) is 38.0 Å². The first-order valence-electron chi connectivity index (χ1n) is 6.36. The van der Waals surface area contributed by atoms with Gasteiger partial charge in [-0.3, -0.25) is 4.98 Å². The molecule has 0 spiro atoms. The molecule has 2 aromatic rings. The highest BCUT2D eigenvalue weighted by Crippen LogP contribution is 2.17. The van der Waals surface area contributed by atoms with Crippen LogP contribution in [0, 0.1) is 0 Å². The Hall–Kier alpha value is -1.45. The molecular weight excluding hydrogens is 222 g/mol. The smallest absolute Gasteiger partial charge is 0.0346 e. The van der Waals surface area contributed by atoms with Crippen LogP contribution in [0.3, 0.4) is 0 Å². The van der Waals surface area contributed by atoms with Gasteiger partial charge in [0.2, 0.25) is 0 Å². The molecule has 0 aliphatic rings. The number of pyridine rings is 1. The van der Waals surface area contributed by atoms with Crippen LogP contribution in [0.25, 0.3) is 10.8 Å². The molecule has 1 aromatic heterocycles. The molecule has 0 radical (unpaired) electrons. The molecule has 3 heteroatoms. The van der Waals surface area contributed by atoms with Gasteiger partial charge in [-0.15, -0.1) is 0 Å². The van der Waals surface area contributed by atoms with Crippen LogP contribution in [0.1, 0.15) is 12.5 Å². The van der Waals surface area contributed by atoms with Crippen molar-refractivity contribution in [2.24, 2.45) is 0 Å². The van der Waals surface area contributed by atoms with Gasteiger partial charge in [0.15, 0.2) is 0 Å². The minimum absolute atomic E-state index is 0.483. The molecule has 0 aliphatic carbocycles. The molecule has 1 N–H and O–H groups in total. The average Bonchev–Trinajstić information content (AvgIpc) is 2.35. The Morgan fingerprint density at radius 2 is 2.11 bits per heavy atom. The number of likely N-dealkylation sites (N-methyl/N-ethyl adjacent to an activating group) is 1. The van der Waals surface area contributed by atoms with Crippen molar-refractivity contribution in [1.82, 2.24) is 15.2 Å². The summed E-state index contributed by atoms with van der Waals surface area (Å²) in [6.45, 7) is 4.16. The molecule has 3 nitrogen and oxygen atoms in total. The summed E-state index contributed by atoms with van der Waals surface area (Å²) in [6, 6.07) is 8.95. The quantitative estimate of drug-likeness (QED) is 0.873. The summed E-state index contributed by atoms with van der Waals surface area (Å²) in [5.74, 6) is 0. The van der Waals surface area contributed by atoms with Crippen molar-refractivity contribution in [3.8, 4) is 0 Å². The van der Waals surface area contributed by atoms with E-state index in [1.807, 2.05) is 12.4 Å². The standard InChI is InChI=1S/C15H21N3/c1-12(11-18(2)3)17-10-14-6-4-5-13-9-16-8-7-15(13)14/h4-9,12,17H,10-11H2,1-3H3. The van der Waals surface area contributed by atoms with Crippen LogP contribution >= 0.6 is 0 Å². The van der Waals surface area contributed by atoms with E-state index in [0.717, 1.165) is 13.1 Å². The summed E-state index contributed by atoms with van der Waals surface area (Å²) in [5.41, 5.74) is 1.33. The van der Waals surface area contributed by atoms with Crippen LogP contribution in [-0.2, 0) is 6.54 Å². The molecule has 0 amide bonds. The summed E-state index contributed by atoms with van der Waals surface area (Å²) in [4.78, 5) is 6.36. The molecule has 0 fully saturated rings. The van der Waals surface area contributed by atoms with E-state index in [0.29, 0.717) is 6.04 Å². The first-order chi connectivity index (χ1) is 8.66. The zero-order valence-corrected chi connectivity index (χ0v) is 11.4. The highest BCUT2D eigenvalue weighted by Gasteiger charge is 2.04. The molecule has 0 bridgehead atoms. The molecule has 2 rings (SSSR count). The van der Waals surface area contributed by atoms with Crippen LogP contribution in [0.2, 0.25) is 0 Å². The molecule has 0 saturated heterocycles. The molecule has 0 saturated carbocycles. The third-order valence-electron chi connectivity index (χ3n) is 3.05. The monoisotopic (exact) mass is 243 g/mol. The van der Waals surface area contributed by atoms with Crippen LogP contribution in [0.4, 0.5) is 0 Å². The molecule has 18 heavy (non-hydrogen) atoms. The summed E-state index contributed by atoms with van der Waals surface area (Å²) < 4.78 is 0. The van der Waals surface area contributed by atoms with Crippen LogP contribution in [-0.4, -0.2) is 36.6 Å². The predicted molar refractivity (Wildman–Crippen MR) is 76.6 cm³/mol. The lowest BCUT2D eigenvalue weighted by Crippen LogP contribution is -2.35. The number of rotatable bonds is 5. The Morgan fingerprint density at radius 1 is 1.28 bits per heavy atom. The third-order valence-corrected chi connectivity index (χ3v) is 3.05. The lowest BCUT2D eigenvalue weighted by atomic mass is 10.1. The van der Waals surface area contributed by atoms with E-state index < -0.39 is 0 Å². The van der Waals surface area contributed by atoms with Gasteiger partial charge in [0.05, 0.1) is 0 Å². The van der Waals surface area contributed by atoms with Gasteiger partial charge in [0.1, 0.15) is 0 Å². The third kappa shape index (κ3) is 3.28. The number of nitrogens with zero attached hydrogens (tertiary/aromatic N) is 2. The van der Waals surface area contributed by atoms with Gasteiger partial charge < -0.3 is 10.2 Å². The van der Waals surface area contributed by atoms with Crippen molar-refractivity contribution >= 4 is 10.8 Å². The van der Waals surface area contributed by atoms with Gasteiger partial charge in [-0.1, -0.05) is 18.2 Å². The summed E-state index contributed by atoms with van der Waals surface area (Å²) in [6.07, 6.45) is 3.77. The van der Waals surface area contributed by atoms with Crippen molar-refractivity contribution in [2.45, 2.75) is 19.5 Å². The van der Waals surface area contributed by atoms with E-state index in [9.17, 15) is 0 Å². The second-order valence-corrected chi connectivity index (χ2v) is 5.06. The highest BCUT2D eigenvalue weighted by molar-refractivity contribution is 5.84. The number of hydrogen-bond donors (Lipinski definition) is 1. The summed E-state index contributed by atoms with van der Waals surface area (Å²) in [7, 11) is 4.20. The fourth-order valence-electron chi connectivity index (χ4n) is 2.24. The van der Waals surface area contributed by atoms with Crippen molar-refractivity contribution in [2.75, 3.05) is 20.6 Å². The van der Waals surface area contributed by atoms with E-state index in [4.69, 9.17) is 0 Å². The van der Waals surface area contributed by atoms with Crippen LogP contribution < -0.4 is 5.32 Å². The highest BCUT2D eigenvalue weighted by atomic mass is 15.1. The Kier molecular flexibility index (Phi) is 4.28.